The zero-order valence-corrected chi connectivity index (χ0v) is 10.3. The molecule has 3 N–H and O–H groups in total. The van der Waals surface area contributed by atoms with Gasteiger partial charge in [-0.15, -0.1) is 0 Å². The number of carbonyl (C=O) groups excluding carboxylic acids is 1. The fourth-order valence-electron chi connectivity index (χ4n) is 1.38. The average molecular weight is 302 g/mol. The third-order valence-electron chi connectivity index (χ3n) is 2.30. The number of aromatic amines is 1. The topological polar surface area (TPSA) is 95.1 Å². The van der Waals surface area contributed by atoms with Crippen LogP contribution in [0.25, 0.3) is 0 Å². The average Bonchev–Trinajstić information content (AvgIpc) is 2.82. The molecule has 9 heteroatoms. The minimum atomic E-state index is -1.28. The predicted octanol–water partition coefficient (Wildman–Crippen LogP) is 2.29. The second-order valence-electron chi connectivity index (χ2n) is 3.67. The molecule has 1 aromatic heterocycles. The summed E-state index contributed by atoms with van der Waals surface area (Å²) in [5.41, 5.74) is -0.838. The normalized spacial score (nSPS) is 10.3. The molecule has 0 aliphatic carbocycles. The Labute approximate surface area is 115 Å². The zero-order valence-electron chi connectivity index (χ0n) is 9.58. The van der Waals surface area contributed by atoms with Crippen LogP contribution in [0.1, 0.15) is 20.8 Å². The first-order chi connectivity index (χ1) is 9.38. The Morgan fingerprint density at radius 1 is 1.25 bits per heavy atom. The molecular weight excluding hydrogens is 296 g/mol. The second kappa shape index (κ2) is 5.25. The number of carbonyl (C=O) groups is 2. The number of aromatic nitrogens is 2. The van der Waals surface area contributed by atoms with Crippen LogP contribution in [0.4, 0.5) is 14.6 Å². The minimum Gasteiger partial charge on any atom is -0.477 e. The highest BCUT2D eigenvalue weighted by Gasteiger charge is 2.17. The second-order valence-corrected chi connectivity index (χ2v) is 4.08. The standard InChI is InChI=1S/C11H6ClF2N3O3/c12-5-2-6(13)4(1-7(5)14)10(18)15-9-3-8(11(19)20)16-17-9/h1-3H,(H,19,20)(H2,15,16,17,18). The molecule has 0 fully saturated rings. The van der Waals surface area contributed by atoms with Gasteiger partial charge in [-0.2, -0.15) is 5.10 Å². The van der Waals surface area contributed by atoms with Gasteiger partial charge in [-0.1, -0.05) is 11.6 Å². The molecule has 0 aliphatic heterocycles. The van der Waals surface area contributed by atoms with Gasteiger partial charge in [0.1, 0.15) is 17.3 Å². The first-order valence-corrected chi connectivity index (χ1v) is 5.51. The highest BCUT2D eigenvalue weighted by molar-refractivity contribution is 6.30. The summed E-state index contributed by atoms with van der Waals surface area (Å²) in [6.07, 6.45) is 0. The molecule has 1 amide bonds. The number of nitrogens with zero attached hydrogens (tertiary/aromatic N) is 1. The quantitative estimate of drug-likeness (QED) is 0.758. The smallest absolute Gasteiger partial charge is 0.353 e. The van der Waals surface area contributed by atoms with Crippen molar-refractivity contribution in [1.29, 1.82) is 0 Å². The Morgan fingerprint density at radius 3 is 2.55 bits per heavy atom. The number of amides is 1. The highest BCUT2D eigenvalue weighted by Crippen LogP contribution is 2.20. The van der Waals surface area contributed by atoms with Gasteiger partial charge in [-0.25, -0.2) is 13.6 Å². The van der Waals surface area contributed by atoms with Crippen molar-refractivity contribution in [3.05, 3.63) is 46.1 Å². The van der Waals surface area contributed by atoms with E-state index in [-0.39, 0.29) is 11.5 Å². The third-order valence-corrected chi connectivity index (χ3v) is 2.59. The van der Waals surface area contributed by atoms with Gasteiger partial charge in [0.2, 0.25) is 0 Å². The van der Waals surface area contributed by atoms with E-state index in [0.717, 1.165) is 6.07 Å². The molecular formula is C11H6ClF2N3O3. The Morgan fingerprint density at radius 2 is 1.95 bits per heavy atom. The van der Waals surface area contributed by atoms with Crippen LogP contribution in [0.15, 0.2) is 18.2 Å². The number of hydrogen-bond donors (Lipinski definition) is 3. The summed E-state index contributed by atoms with van der Waals surface area (Å²) in [4.78, 5) is 22.3. The van der Waals surface area contributed by atoms with Crippen LogP contribution in [0.5, 0.6) is 0 Å². The molecule has 1 aromatic carbocycles. The molecule has 20 heavy (non-hydrogen) atoms. The molecule has 0 saturated carbocycles. The maximum atomic E-state index is 13.5. The molecule has 0 aliphatic rings. The zero-order chi connectivity index (χ0) is 14.9. The van der Waals surface area contributed by atoms with Crippen LogP contribution in [-0.2, 0) is 0 Å². The molecule has 6 nitrogen and oxygen atoms in total. The Balaban J connectivity index is 2.23. The molecule has 0 bridgehead atoms. The van der Waals surface area contributed by atoms with Crippen molar-refractivity contribution in [1.82, 2.24) is 10.2 Å². The van der Waals surface area contributed by atoms with Crippen LogP contribution in [0.2, 0.25) is 5.02 Å². The number of anilines is 1. The number of rotatable bonds is 3. The lowest BCUT2D eigenvalue weighted by molar-refractivity contribution is 0.0690. The monoisotopic (exact) mass is 301 g/mol. The van der Waals surface area contributed by atoms with E-state index in [0.29, 0.717) is 12.1 Å². The van der Waals surface area contributed by atoms with Gasteiger partial charge < -0.3 is 10.4 Å². The minimum absolute atomic E-state index is 0.137. The van der Waals surface area contributed by atoms with Gasteiger partial charge in [0.05, 0.1) is 10.6 Å². The Kier molecular flexibility index (Phi) is 3.66. The van der Waals surface area contributed by atoms with Crippen molar-refractivity contribution < 1.29 is 23.5 Å². The molecule has 0 radical (unpaired) electrons. The van der Waals surface area contributed by atoms with E-state index in [4.69, 9.17) is 16.7 Å². The molecule has 2 rings (SSSR count). The van der Waals surface area contributed by atoms with Crippen molar-refractivity contribution >= 4 is 29.3 Å². The summed E-state index contributed by atoms with van der Waals surface area (Å²) >= 11 is 5.36. The molecule has 0 atom stereocenters. The summed E-state index contributed by atoms with van der Waals surface area (Å²) in [5.74, 6) is -4.36. The van der Waals surface area contributed by atoms with Crippen LogP contribution >= 0.6 is 11.6 Å². The van der Waals surface area contributed by atoms with E-state index in [1.165, 1.54) is 0 Å². The maximum Gasteiger partial charge on any atom is 0.353 e. The lowest BCUT2D eigenvalue weighted by atomic mass is 10.2. The van der Waals surface area contributed by atoms with Gasteiger partial charge in [0, 0.05) is 6.07 Å². The maximum absolute atomic E-state index is 13.5. The molecule has 0 saturated heterocycles. The number of H-pyrrole nitrogens is 1. The lowest BCUT2D eigenvalue weighted by Gasteiger charge is -2.04. The number of aromatic carboxylic acids is 1. The molecule has 104 valence electrons. The summed E-state index contributed by atoms with van der Waals surface area (Å²) in [6.45, 7) is 0. The molecule has 0 unspecified atom stereocenters. The van der Waals surface area contributed by atoms with Crippen LogP contribution in [0.3, 0.4) is 0 Å². The Hall–Kier alpha value is -2.48. The van der Waals surface area contributed by atoms with Crippen LogP contribution in [0, 0.1) is 11.6 Å². The number of carboxylic acids is 1. The van der Waals surface area contributed by atoms with Crippen LogP contribution in [-0.4, -0.2) is 27.2 Å². The van der Waals surface area contributed by atoms with Crippen molar-refractivity contribution in [3.8, 4) is 0 Å². The van der Waals surface area contributed by atoms with Gasteiger partial charge in [0.25, 0.3) is 5.91 Å². The van der Waals surface area contributed by atoms with Gasteiger partial charge in [-0.3, -0.25) is 9.89 Å². The van der Waals surface area contributed by atoms with E-state index < -0.39 is 34.1 Å². The number of carboxylic acid groups (broad SMARTS) is 1. The molecule has 1 heterocycles. The highest BCUT2D eigenvalue weighted by atomic mass is 35.5. The van der Waals surface area contributed by atoms with E-state index in [2.05, 4.69) is 15.5 Å². The van der Waals surface area contributed by atoms with E-state index in [1.807, 2.05) is 0 Å². The summed E-state index contributed by atoms with van der Waals surface area (Å²) < 4.78 is 26.7. The van der Waals surface area contributed by atoms with Gasteiger partial charge in [-0.05, 0) is 12.1 Å². The van der Waals surface area contributed by atoms with Gasteiger partial charge in [0.15, 0.2) is 5.82 Å². The fraction of sp³-hybridized carbons (Fsp3) is 0. The summed E-state index contributed by atoms with van der Waals surface area (Å²) in [5, 5.41) is 16.0. The van der Waals surface area contributed by atoms with Crippen molar-refractivity contribution in [2.75, 3.05) is 5.32 Å². The van der Waals surface area contributed by atoms with Crippen molar-refractivity contribution in [2.45, 2.75) is 0 Å². The predicted molar refractivity (Wildman–Crippen MR) is 64.9 cm³/mol. The van der Waals surface area contributed by atoms with E-state index in [9.17, 15) is 18.4 Å². The van der Waals surface area contributed by atoms with Crippen molar-refractivity contribution in [3.63, 3.8) is 0 Å². The van der Waals surface area contributed by atoms with Crippen molar-refractivity contribution in [2.24, 2.45) is 0 Å². The Bertz CT molecular complexity index is 702. The lowest BCUT2D eigenvalue weighted by Crippen LogP contribution is -2.14. The summed E-state index contributed by atoms with van der Waals surface area (Å²) in [7, 11) is 0. The van der Waals surface area contributed by atoms with E-state index in [1.54, 1.807) is 0 Å². The van der Waals surface area contributed by atoms with E-state index >= 15 is 0 Å². The first-order valence-electron chi connectivity index (χ1n) is 5.13. The number of halogens is 3. The third kappa shape index (κ3) is 2.75. The molecule has 2 aromatic rings. The largest absolute Gasteiger partial charge is 0.477 e. The fourth-order valence-corrected chi connectivity index (χ4v) is 1.53. The van der Waals surface area contributed by atoms with Gasteiger partial charge >= 0.3 is 5.97 Å². The first kappa shape index (κ1) is 13.9. The van der Waals surface area contributed by atoms with Crippen LogP contribution < -0.4 is 5.32 Å². The summed E-state index contributed by atoms with van der Waals surface area (Å²) in [6, 6.07) is 2.33. The number of benzene rings is 1. The number of hydrogen-bond acceptors (Lipinski definition) is 3. The SMILES string of the molecule is O=C(O)c1cc(NC(=O)c2cc(F)c(Cl)cc2F)n[nH]1. The number of nitrogens with one attached hydrogen (secondary N) is 2. The molecule has 0 spiro atoms.